The van der Waals surface area contributed by atoms with Crippen molar-refractivity contribution in [2.45, 2.75) is 6.54 Å². The topological polar surface area (TPSA) is 62.5 Å². The Morgan fingerprint density at radius 3 is 2.41 bits per heavy atom. The minimum absolute atomic E-state index is 0.199. The molecule has 0 aliphatic heterocycles. The zero-order valence-electron chi connectivity index (χ0n) is 14.9. The van der Waals surface area contributed by atoms with Crippen molar-refractivity contribution < 1.29 is 4.79 Å². The van der Waals surface area contributed by atoms with Gasteiger partial charge in [-0.3, -0.25) is 4.40 Å². The lowest BCUT2D eigenvalue weighted by Gasteiger charge is -2.17. The molecule has 0 unspecified atom stereocenters. The van der Waals surface area contributed by atoms with Gasteiger partial charge in [0, 0.05) is 18.9 Å². The first kappa shape index (κ1) is 16.8. The van der Waals surface area contributed by atoms with E-state index in [0.717, 1.165) is 22.5 Å². The molecule has 134 valence electrons. The van der Waals surface area contributed by atoms with Crippen LogP contribution in [-0.4, -0.2) is 32.6 Å². The lowest BCUT2D eigenvalue weighted by atomic mass is 10.1. The Morgan fingerprint density at radius 1 is 0.926 bits per heavy atom. The average molecular weight is 357 g/mol. The van der Waals surface area contributed by atoms with Gasteiger partial charge in [0.15, 0.2) is 11.5 Å². The van der Waals surface area contributed by atoms with Gasteiger partial charge in [0.1, 0.15) is 0 Å². The number of nitrogens with zero attached hydrogens (tertiary/aromatic N) is 4. The summed E-state index contributed by atoms with van der Waals surface area (Å²) in [5.74, 6) is 0.711. The van der Waals surface area contributed by atoms with E-state index in [-0.39, 0.29) is 6.03 Å². The zero-order chi connectivity index (χ0) is 18.6. The normalized spacial score (nSPS) is 10.7. The molecule has 2 aromatic carbocycles. The highest BCUT2D eigenvalue weighted by atomic mass is 16.2. The first-order chi connectivity index (χ1) is 13.2. The van der Waals surface area contributed by atoms with E-state index in [0.29, 0.717) is 12.4 Å². The van der Waals surface area contributed by atoms with Crippen LogP contribution in [-0.2, 0) is 6.54 Å². The number of nitrogens with one attached hydrogen (secondary N) is 1. The van der Waals surface area contributed by atoms with Crippen molar-refractivity contribution in [3.05, 3.63) is 84.8 Å². The predicted molar refractivity (Wildman–Crippen MR) is 105 cm³/mol. The van der Waals surface area contributed by atoms with Crippen LogP contribution in [0, 0.1) is 0 Å². The minimum atomic E-state index is -0.199. The van der Waals surface area contributed by atoms with Crippen LogP contribution in [0.15, 0.2) is 79.0 Å². The molecule has 1 N–H and O–H groups in total. The first-order valence-electron chi connectivity index (χ1n) is 8.67. The van der Waals surface area contributed by atoms with Gasteiger partial charge in [-0.15, -0.1) is 10.2 Å². The molecule has 27 heavy (non-hydrogen) atoms. The number of carbonyl (C=O) groups excluding carboxylic acids is 1. The highest BCUT2D eigenvalue weighted by Crippen LogP contribution is 2.21. The van der Waals surface area contributed by atoms with Crippen molar-refractivity contribution in [1.29, 1.82) is 0 Å². The Hall–Kier alpha value is -3.67. The number of carbonyl (C=O) groups is 1. The van der Waals surface area contributed by atoms with E-state index in [1.165, 1.54) is 0 Å². The number of benzene rings is 2. The van der Waals surface area contributed by atoms with E-state index >= 15 is 0 Å². The standard InChI is InChI=1S/C21H19N5O/c1-25(15-20-24-23-19-9-5-6-14-26(19)20)21(27)22-18-12-10-17(11-13-18)16-7-3-2-4-8-16/h2-14H,15H2,1H3,(H,22,27). The summed E-state index contributed by atoms with van der Waals surface area (Å²) < 4.78 is 1.87. The van der Waals surface area contributed by atoms with E-state index in [9.17, 15) is 4.79 Å². The van der Waals surface area contributed by atoms with Crippen molar-refractivity contribution in [3.63, 3.8) is 0 Å². The summed E-state index contributed by atoms with van der Waals surface area (Å²) >= 11 is 0. The molecule has 2 heterocycles. The predicted octanol–water partition coefficient (Wildman–Crippen LogP) is 4.06. The fourth-order valence-corrected chi connectivity index (χ4v) is 2.88. The zero-order valence-corrected chi connectivity index (χ0v) is 14.9. The number of anilines is 1. The number of hydrogen-bond donors (Lipinski definition) is 1. The van der Waals surface area contributed by atoms with Crippen LogP contribution in [0.5, 0.6) is 0 Å². The van der Waals surface area contributed by atoms with Gasteiger partial charge in [-0.05, 0) is 35.4 Å². The number of fused-ring (bicyclic) bond motifs is 1. The molecule has 0 spiro atoms. The van der Waals surface area contributed by atoms with E-state index in [2.05, 4.69) is 27.6 Å². The fraction of sp³-hybridized carbons (Fsp3) is 0.0952. The largest absolute Gasteiger partial charge is 0.321 e. The Bertz CT molecular complexity index is 1060. The molecular formula is C21H19N5O. The SMILES string of the molecule is CN(Cc1nnc2ccccn12)C(=O)Nc1ccc(-c2ccccc2)cc1. The van der Waals surface area contributed by atoms with Crippen LogP contribution in [0.2, 0.25) is 0 Å². The number of rotatable bonds is 4. The van der Waals surface area contributed by atoms with Crippen LogP contribution >= 0.6 is 0 Å². The summed E-state index contributed by atoms with van der Waals surface area (Å²) in [6, 6.07) is 23.4. The number of urea groups is 1. The van der Waals surface area contributed by atoms with Crippen LogP contribution in [0.1, 0.15) is 5.82 Å². The molecule has 4 rings (SSSR count). The monoisotopic (exact) mass is 357 g/mol. The molecule has 0 saturated heterocycles. The van der Waals surface area contributed by atoms with Gasteiger partial charge in [0.2, 0.25) is 0 Å². The van der Waals surface area contributed by atoms with Crippen LogP contribution in [0.3, 0.4) is 0 Å². The summed E-state index contributed by atoms with van der Waals surface area (Å²) in [5, 5.41) is 11.2. The van der Waals surface area contributed by atoms with Crippen molar-refractivity contribution in [2.24, 2.45) is 0 Å². The Morgan fingerprint density at radius 2 is 1.63 bits per heavy atom. The van der Waals surface area contributed by atoms with Gasteiger partial charge in [-0.1, -0.05) is 48.5 Å². The molecule has 0 aliphatic carbocycles. The van der Waals surface area contributed by atoms with Gasteiger partial charge in [0.25, 0.3) is 0 Å². The third-order valence-electron chi connectivity index (χ3n) is 4.35. The van der Waals surface area contributed by atoms with E-state index < -0.39 is 0 Å². The highest BCUT2D eigenvalue weighted by molar-refractivity contribution is 5.89. The smallest absolute Gasteiger partial charge is 0.320 e. The summed E-state index contributed by atoms with van der Waals surface area (Å²) in [5.41, 5.74) is 3.76. The minimum Gasteiger partial charge on any atom is -0.320 e. The Balaban J connectivity index is 1.42. The number of hydrogen-bond acceptors (Lipinski definition) is 3. The van der Waals surface area contributed by atoms with Gasteiger partial charge in [0.05, 0.1) is 6.54 Å². The molecular weight excluding hydrogens is 338 g/mol. The highest BCUT2D eigenvalue weighted by Gasteiger charge is 2.13. The maximum Gasteiger partial charge on any atom is 0.321 e. The molecule has 2 amide bonds. The summed E-state index contributed by atoms with van der Waals surface area (Å²) in [6.07, 6.45) is 1.89. The molecule has 6 heteroatoms. The number of pyridine rings is 1. The molecule has 0 bridgehead atoms. The van der Waals surface area contributed by atoms with Gasteiger partial charge in [-0.25, -0.2) is 4.79 Å². The molecule has 0 fully saturated rings. The van der Waals surface area contributed by atoms with Crippen molar-refractivity contribution in [1.82, 2.24) is 19.5 Å². The first-order valence-corrected chi connectivity index (χ1v) is 8.67. The summed E-state index contributed by atoms with van der Waals surface area (Å²) in [7, 11) is 1.73. The van der Waals surface area contributed by atoms with E-state index in [4.69, 9.17) is 0 Å². The molecule has 2 aromatic heterocycles. The van der Waals surface area contributed by atoms with Gasteiger partial charge in [-0.2, -0.15) is 0 Å². The quantitative estimate of drug-likeness (QED) is 0.599. The second-order valence-electron chi connectivity index (χ2n) is 6.27. The summed E-state index contributed by atoms with van der Waals surface area (Å²) in [6.45, 7) is 0.360. The van der Waals surface area contributed by atoms with Crippen molar-refractivity contribution >= 4 is 17.4 Å². The molecule has 0 saturated carbocycles. The van der Waals surface area contributed by atoms with Gasteiger partial charge < -0.3 is 10.2 Å². The lowest BCUT2D eigenvalue weighted by molar-refractivity contribution is 0.219. The van der Waals surface area contributed by atoms with Gasteiger partial charge >= 0.3 is 6.03 Å². The van der Waals surface area contributed by atoms with Crippen molar-refractivity contribution in [2.75, 3.05) is 12.4 Å². The van der Waals surface area contributed by atoms with Crippen molar-refractivity contribution in [3.8, 4) is 11.1 Å². The third kappa shape index (κ3) is 3.64. The van der Waals surface area contributed by atoms with E-state index in [1.807, 2.05) is 71.3 Å². The van der Waals surface area contributed by atoms with Crippen LogP contribution in [0.4, 0.5) is 10.5 Å². The lowest BCUT2D eigenvalue weighted by Crippen LogP contribution is -2.31. The van der Waals surface area contributed by atoms with Crippen LogP contribution in [0.25, 0.3) is 16.8 Å². The molecule has 0 radical (unpaired) electrons. The maximum absolute atomic E-state index is 12.5. The fourth-order valence-electron chi connectivity index (χ4n) is 2.88. The summed E-state index contributed by atoms with van der Waals surface area (Å²) in [4.78, 5) is 14.1. The average Bonchev–Trinajstić information content (AvgIpc) is 3.12. The maximum atomic E-state index is 12.5. The molecule has 0 aliphatic rings. The second kappa shape index (κ2) is 7.29. The Kier molecular flexibility index (Phi) is 4.53. The molecule has 4 aromatic rings. The molecule has 6 nitrogen and oxygen atoms in total. The van der Waals surface area contributed by atoms with Crippen LogP contribution < -0.4 is 5.32 Å². The Labute approximate surface area is 157 Å². The second-order valence-corrected chi connectivity index (χ2v) is 6.27. The third-order valence-corrected chi connectivity index (χ3v) is 4.35. The number of amides is 2. The number of aromatic nitrogens is 3. The van der Waals surface area contributed by atoms with E-state index in [1.54, 1.807) is 11.9 Å². The molecule has 0 atom stereocenters.